The van der Waals surface area contributed by atoms with Crippen LogP contribution in [0.3, 0.4) is 0 Å². The molecule has 0 radical (unpaired) electrons. The second kappa shape index (κ2) is 7.27. The Balaban J connectivity index is 1.74. The van der Waals surface area contributed by atoms with Crippen LogP contribution in [0.15, 0.2) is 46.7 Å². The van der Waals surface area contributed by atoms with Crippen molar-refractivity contribution in [2.45, 2.75) is 25.2 Å². The summed E-state index contributed by atoms with van der Waals surface area (Å²) in [5, 5.41) is 4.62. The van der Waals surface area contributed by atoms with Gasteiger partial charge in [-0.15, -0.1) is 11.3 Å². The zero-order chi connectivity index (χ0) is 18.0. The van der Waals surface area contributed by atoms with E-state index in [0.717, 1.165) is 6.42 Å². The second-order valence-electron chi connectivity index (χ2n) is 6.72. The Labute approximate surface area is 152 Å². The summed E-state index contributed by atoms with van der Waals surface area (Å²) in [6, 6.07) is 9.95. The maximum absolute atomic E-state index is 12.8. The van der Waals surface area contributed by atoms with E-state index in [1.807, 2.05) is 11.4 Å². The summed E-state index contributed by atoms with van der Waals surface area (Å²) in [7, 11) is -3.49. The van der Waals surface area contributed by atoms with Crippen LogP contribution in [0.5, 0.6) is 0 Å². The first-order valence-corrected chi connectivity index (χ1v) is 10.6. The Kier molecular flexibility index (Phi) is 5.27. The molecular formula is C18H22N2O3S2. The summed E-state index contributed by atoms with van der Waals surface area (Å²) in [6.07, 6.45) is 1.06. The molecule has 25 heavy (non-hydrogen) atoms. The van der Waals surface area contributed by atoms with Crippen LogP contribution in [0, 0.1) is 11.8 Å². The van der Waals surface area contributed by atoms with Gasteiger partial charge in [0.2, 0.25) is 10.0 Å². The number of hydrogen-bond donors (Lipinski definition) is 1. The lowest BCUT2D eigenvalue weighted by atomic mass is 9.94. The number of hydrogen-bond acceptors (Lipinski definition) is 4. The highest BCUT2D eigenvalue weighted by atomic mass is 32.2. The molecule has 2 atom stereocenters. The highest BCUT2D eigenvalue weighted by Crippen LogP contribution is 2.27. The van der Waals surface area contributed by atoms with Crippen LogP contribution in [0.2, 0.25) is 0 Å². The van der Waals surface area contributed by atoms with Crippen molar-refractivity contribution in [2.24, 2.45) is 11.8 Å². The van der Waals surface area contributed by atoms with Gasteiger partial charge in [-0.1, -0.05) is 19.9 Å². The van der Waals surface area contributed by atoms with Gasteiger partial charge in [-0.2, -0.15) is 4.31 Å². The fraction of sp³-hybridized carbons (Fsp3) is 0.389. The third kappa shape index (κ3) is 4.11. The largest absolute Gasteiger partial charge is 0.321 e. The predicted octanol–water partition coefficient (Wildman–Crippen LogP) is 3.67. The van der Waals surface area contributed by atoms with E-state index < -0.39 is 10.0 Å². The van der Waals surface area contributed by atoms with E-state index in [1.165, 1.54) is 11.3 Å². The molecule has 0 bridgehead atoms. The quantitative estimate of drug-likeness (QED) is 0.883. The van der Waals surface area contributed by atoms with Crippen molar-refractivity contribution in [1.82, 2.24) is 4.31 Å². The first kappa shape index (κ1) is 18.1. The normalized spacial score (nSPS) is 21.8. The molecule has 1 aromatic carbocycles. The van der Waals surface area contributed by atoms with Gasteiger partial charge in [-0.05, 0) is 54.0 Å². The number of carbonyl (C=O) groups is 1. The summed E-state index contributed by atoms with van der Waals surface area (Å²) in [5.41, 5.74) is 0.581. The summed E-state index contributed by atoms with van der Waals surface area (Å²) in [6.45, 7) is 5.29. The highest BCUT2D eigenvalue weighted by molar-refractivity contribution is 7.89. The van der Waals surface area contributed by atoms with Gasteiger partial charge in [-0.3, -0.25) is 4.79 Å². The second-order valence-corrected chi connectivity index (χ2v) is 9.61. The molecule has 1 amide bonds. The Morgan fingerprint density at radius 3 is 2.32 bits per heavy atom. The van der Waals surface area contributed by atoms with Crippen molar-refractivity contribution in [1.29, 1.82) is 0 Å². The van der Waals surface area contributed by atoms with Gasteiger partial charge in [0.15, 0.2) is 0 Å². The van der Waals surface area contributed by atoms with E-state index in [1.54, 1.807) is 34.6 Å². The van der Waals surface area contributed by atoms with Crippen LogP contribution in [-0.4, -0.2) is 31.7 Å². The first-order chi connectivity index (χ1) is 11.9. The average Bonchev–Trinajstić information content (AvgIpc) is 3.09. The van der Waals surface area contributed by atoms with Crippen LogP contribution in [0.25, 0.3) is 0 Å². The summed E-state index contributed by atoms with van der Waals surface area (Å²) in [4.78, 5) is 12.9. The monoisotopic (exact) mass is 378 g/mol. The number of rotatable bonds is 4. The van der Waals surface area contributed by atoms with E-state index in [9.17, 15) is 13.2 Å². The molecule has 0 unspecified atom stereocenters. The van der Waals surface area contributed by atoms with Crippen LogP contribution in [0.1, 0.15) is 29.9 Å². The van der Waals surface area contributed by atoms with Crippen LogP contribution in [-0.2, 0) is 10.0 Å². The summed E-state index contributed by atoms with van der Waals surface area (Å²) >= 11 is 1.36. The van der Waals surface area contributed by atoms with Crippen molar-refractivity contribution in [2.75, 3.05) is 18.4 Å². The molecule has 5 nitrogen and oxygen atoms in total. The molecule has 7 heteroatoms. The number of sulfonamides is 1. The van der Waals surface area contributed by atoms with Crippen LogP contribution in [0.4, 0.5) is 5.69 Å². The number of amides is 1. The Bertz CT molecular complexity index is 820. The lowest BCUT2D eigenvalue weighted by Crippen LogP contribution is -2.42. The smallest absolute Gasteiger partial charge is 0.265 e. The van der Waals surface area contributed by atoms with Crippen LogP contribution >= 0.6 is 11.3 Å². The van der Waals surface area contributed by atoms with E-state index in [4.69, 9.17) is 0 Å². The highest BCUT2D eigenvalue weighted by Gasteiger charge is 2.31. The number of nitrogens with zero attached hydrogens (tertiary/aromatic N) is 1. The van der Waals surface area contributed by atoms with E-state index in [0.29, 0.717) is 35.5 Å². The molecule has 3 rings (SSSR count). The Morgan fingerprint density at radius 2 is 1.76 bits per heavy atom. The SMILES string of the molecule is C[C@@H]1C[C@H](C)CN(S(=O)(=O)c2ccc(NC(=O)c3cccs3)cc2)C1. The van der Waals surface area contributed by atoms with E-state index in [2.05, 4.69) is 19.2 Å². The van der Waals surface area contributed by atoms with Crippen molar-refractivity contribution < 1.29 is 13.2 Å². The molecule has 2 heterocycles. The van der Waals surface area contributed by atoms with E-state index in [-0.39, 0.29) is 10.8 Å². The number of anilines is 1. The number of carbonyl (C=O) groups excluding carboxylic acids is 1. The minimum Gasteiger partial charge on any atom is -0.321 e. The molecule has 1 N–H and O–H groups in total. The Hall–Kier alpha value is -1.70. The molecule has 1 aromatic heterocycles. The molecule has 0 saturated carbocycles. The molecule has 1 saturated heterocycles. The van der Waals surface area contributed by atoms with Crippen molar-refractivity contribution >= 4 is 33.0 Å². The zero-order valence-electron chi connectivity index (χ0n) is 14.3. The van der Waals surface area contributed by atoms with Crippen LogP contribution < -0.4 is 5.32 Å². The average molecular weight is 379 g/mol. The molecule has 1 aliphatic rings. The van der Waals surface area contributed by atoms with Crippen molar-refractivity contribution in [3.05, 3.63) is 46.7 Å². The first-order valence-electron chi connectivity index (χ1n) is 8.31. The fourth-order valence-electron chi connectivity index (χ4n) is 3.26. The zero-order valence-corrected chi connectivity index (χ0v) is 15.9. The fourth-order valence-corrected chi connectivity index (χ4v) is 5.56. The van der Waals surface area contributed by atoms with Gasteiger partial charge in [0, 0.05) is 18.8 Å². The molecule has 1 fully saturated rings. The van der Waals surface area contributed by atoms with Gasteiger partial charge in [0.05, 0.1) is 9.77 Å². The molecule has 2 aromatic rings. The molecule has 134 valence electrons. The molecule has 0 spiro atoms. The summed E-state index contributed by atoms with van der Waals surface area (Å²) < 4.78 is 27.3. The third-order valence-electron chi connectivity index (χ3n) is 4.33. The predicted molar refractivity (Wildman–Crippen MR) is 100 cm³/mol. The molecule has 0 aliphatic carbocycles. The van der Waals surface area contributed by atoms with Crippen molar-refractivity contribution in [3.63, 3.8) is 0 Å². The van der Waals surface area contributed by atoms with Gasteiger partial charge in [0.25, 0.3) is 5.91 Å². The number of nitrogens with one attached hydrogen (secondary N) is 1. The molecule has 1 aliphatic heterocycles. The maximum atomic E-state index is 12.8. The number of benzene rings is 1. The standard InChI is InChI=1S/C18H22N2O3S2/c1-13-10-14(2)12-20(11-13)25(22,23)16-7-5-15(6-8-16)19-18(21)17-4-3-9-24-17/h3-9,13-14H,10-12H2,1-2H3,(H,19,21)/t13-,14+. The minimum atomic E-state index is -3.49. The Morgan fingerprint density at radius 1 is 1.12 bits per heavy atom. The number of thiophene rings is 1. The lowest BCUT2D eigenvalue weighted by molar-refractivity contribution is 0.103. The van der Waals surface area contributed by atoms with E-state index >= 15 is 0 Å². The van der Waals surface area contributed by atoms with Gasteiger partial charge in [0.1, 0.15) is 0 Å². The molecular weight excluding hydrogens is 356 g/mol. The van der Waals surface area contributed by atoms with Crippen molar-refractivity contribution in [3.8, 4) is 0 Å². The summed E-state index contributed by atoms with van der Waals surface area (Å²) in [5.74, 6) is 0.537. The lowest BCUT2D eigenvalue weighted by Gasteiger charge is -2.34. The number of piperidine rings is 1. The topological polar surface area (TPSA) is 66.5 Å². The van der Waals surface area contributed by atoms with Gasteiger partial charge in [-0.25, -0.2) is 8.42 Å². The van der Waals surface area contributed by atoms with Gasteiger partial charge < -0.3 is 5.32 Å². The maximum Gasteiger partial charge on any atom is 0.265 e. The van der Waals surface area contributed by atoms with Gasteiger partial charge >= 0.3 is 0 Å². The third-order valence-corrected chi connectivity index (χ3v) is 7.04. The minimum absolute atomic E-state index is 0.190.